The summed E-state index contributed by atoms with van der Waals surface area (Å²) in [6.07, 6.45) is 6.16. The molecule has 2 rings (SSSR count). The molecule has 130 valence electrons. The van der Waals surface area contributed by atoms with Crippen LogP contribution in [0.1, 0.15) is 53.4 Å². The van der Waals surface area contributed by atoms with E-state index in [-0.39, 0.29) is 11.5 Å². The van der Waals surface area contributed by atoms with E-state index in [0.29, 0.717) is 17.2 Å². The van der Waals surface area contributed by atoms with Gasteiger partial charge in [-0.25, -0.2) is 9.78 Å². The molecule has 0 aliphatic rings. The Morgan fingerprint density at radius 1 is 1.17 bits per heavy atom. The molecule has 0 saturated heterocycles. The summed E-state index contributed by atoms with van der Waals surface area (Å²) in [5, 5.41) is 2.90. The number of H-pyrrole nitrogens is 1. The van der Waals surface area contributed by atoms with Gasteiger partial charge in [-0.2, -0.15) is 0 Å². The zero-order valence-electron chi connectivity index (χ0n) is 15.0. The van der Waals surface area contributed by atoms with Gasteiger partial charge in [0.05, 0.1) is 12.2 Å². The van der Waals surface area contributed by atoms with E-state index in [2.05, 4.69) is 25.3 Å². The van der Waals surface area contributed by atoms with Crippen molar-refractivity contribution in [2.45, 2.75) is 53.2 Å². The van der Waals surface area contributed by atoms with Crippen LogP contribution in [0.4, 0.5) is 4.79 Å². The standard InChI is InChI=1S/C17H25N5O2/c1-16(2,3)13(22-15(23)24-17(4,5)6)14-20-10-12(21-14)11-9-18-7-8-19-11/h7-10,13H,1-6H3,(H,20,21)(H,22,23)/t13-/m0/s1. The lowest BCUT2D eigenvalue weighted by atomic mass is 9.86. The summed E-state index contributed by atoms with van der Waals surface area (Å²) in [6.45, 7) is 11.6. The Hall–Kier alpha value is -2.44. The fourth-order valence-electron chi connectivity index (χ4n) is 2.17. The maximum atomic E-state index is 12.2. The summed E-state index contributed by atoms with van der Waals surface area (Å²) in [5.74, 6) is 0.647. The number of carbonyl (C=O) groups excluding carboxylic acids is 1. The largest absolute Gasteiger partial charge is 0.444 e. The first-order valence-electron chi connectivity index (χ1n) is 7.87. The molecule has 0 aromatic carbocycles. The van der Waals surface area contributed by atoms with Crippen molar-refractivity contribution in [2.75, 3.05) is 0 Å². The van der Waals surface area contributed by atoms with Gasteiger partial charge in [0, 0.05) is 18.6 Å². The van der Waals surface area contributed by atoms with E-state index in [1.165, 1.54) is 0 Å². The molecule has 0 aliphatic heterocycles. The van der Waals surface area contributed by atoms with Gasteiger partial charge in [-0.05, 0) is 26.2 Å². The van der Waals surface area contributed by atoms with Crippen molar-refractivity contribution in [3.63, 3.8) is 0 Å². The van der Waals surface area contributed by atoms with Crippen LogP contribution in [0.15, 0.2) is 24.8 Å². The number of hydrogen-bond acceptors (Lipinski definition) is 5. The summed E-state index contributed by atoms with van der Waals surface area (Å²) in [7, 11) is 0. The number of nitrogens with one attached hydrogen (secondary N) is 2. The molecular weight excluding hydrogens is 306 g/mol. The first-order valence-corrected chi connectivity index (χ1v) is 7.87. The van der Waals surface area contributed by atoms with E-state index in [4.69, 9.17) is 4.74 Å². The van der Waals surface area contributed by atoms with Crippen molar-refractivity contribution in [2.24, 2.45) is 5.41 Å². The van der Waals surface area contributed by atoms with Crippen LogP contribution in [0.5, 0.6) is 0 Å². The lowest BCUT2D eigenvalue weighted by Crippen LogP contribution is -2.40. The second kappa shape index (κ2) is 6.59. The van der Waals surface area contributed by atoms with Gasteiger partial charge in [-0.3, -0.25) is 9.97 Å². The smallest absolute Gasteiger partial charge is 0.408 e. The summed E-state index contributed by atoms with van der Waals surface area (Å²) in [6, 6.07) is -0.335. The summed E-state index contributed by atoms with van der Waals surface area (Å²) in [4.78, 5) is 28.1. The van der Waals surface area contributed by atoms with Crippen molar-refractivity contribution in [1.29, 1.82) is 0 Å². The summed E-state index contributed by atoms with van der Waals surface area (Å²) in [5.41, 5.74) is 0.540. The number of amides is 1. The molecule has 24 heavy (non-hydrogen) atoms. The second-order valence-electron chi connectivity index (χ2n) is 7.71. The number of aromatic amines is 1. The number of imidazole rings is 1. The molecule has 0 radical (unpaired) electrons. The Morgan fingerprint density at radius 2 is 1.88 bits per heavy atom. The Balaban J connectivity index is 2.23. The molecule has 7 nitrogen and oxygen atoms in total. The molecule has 0 bridgehead atoms. The van der Waals surface area contributed by atoms with Crippen LogP contribution < -0.4 is 5.32 Å². The second-order valence-corrected chi connectivity index (χ2v) is 7.71. The van der Waals surface area contributed by atoms with Gasteiger partial charge < -0.3 is 15.0 Å². The van der Waals surface area contributed by atoms with Crippen molar-refractivity contribution >= 4 is 6.09 Å². The first kappa shape index (κ1) is 17.9. The predicted molar refractivity (Wildman–Crippen MR) is 91.2 cm³/mol. The van der Waals surface area contributed by atoms with E-state index in [1.54, 1.807) is 24.8 Å². The number of hydrogen-bond donors (Lipinski definition) is 2. The third-order valence-electron chi connectivity index (χ3n) is 3.22. The van der Waals surface area contributed by atoms with Crippen LogP contribution in [0, 0.1) is 5.41 Å². The molecule has 0 aliphatic carbocycles. The zero-order valence-corrected chi connectivity index (χ0v) is 15.0. The van der Waals surface area contributed by atoms with Crippen LogP contribution in [0.2, 0.25) is 0 Å². The minimum Gasteiger partial charge on any atom is -0.444 e. The number of nitrogens with zero attached hydrogens (tertiary/aromatic N) is 3. The van der Waals surface area contributed by atoms with Gasteiger partial charge in [-0.1, -0.05) is 20.8 Å². The molecule has 2 aromatic heterocycles. The molecule has 7 heteroatoms. The SMILES string of the molecule is CC(C)(C)OC(=O)N[C@@H](c1nc(-c2cnccn2)c[nH]1)C(C)(C)C. The van der Waals surface area contributed by atoms with Crippen LogP contribution in [-0.2, 0) is 4.74 Å². The number of alkyl carbamates (subject to hydrolysis) is 1. The Morgan fingerprint density at radius 3 is 2.42 bits per heavy atom. The highest BCUT2D eigenvalue weighted by Crippen LogP contribution is 2.32. The van der Waals surface area contributed by atoms with E-state index in [0.717, 1.165) is 0 Å². The Bertz CT molecular complexity index is 683. The lowest BCUT2D eigenvalue weighted by Gasteiger charge is -2.31. The average molecular weight is 331 g/mol. The number of aromatic nitrogens is 4. The normalized spacial score (nSPS) is 13.4. The van der Waals surface area contributed by atoms with Gasteiger partial charge in [0.2, 0.25) is 0 Å². The monoisotopic (exact) mass is 331 g/mol. The maximum absolute atomic E-state index is 12.2. The highest BCUT2D eigenvalue weighted by molar-refractivity contribution is 5.68. The van der Waals surface area contributed by atoms with Crippen LogP contribution in [-0.4, -0.2) is 31.6 Å². The highest BCUT2D eigenvalue weighted by atomic mass is 16.6. The van der Waals surface area contributed by atoms with Crippen LogP contribution >= 0.6 is 0 Å². The zero-order chi connectivity index (χ0) is 18.0. The number of rotatable bonds is 3. The van der Waals surface area contributed by atoms with Gasteiger partial charge in [0.1, 0.15) is 22.8 Å². The number of carbonyl (C=O) groups is 1. The van der Waals surface area contributed by atoms with Crippen molar-refractivity contribution in [3.8, 4) is 11.4 Å². The molecule has 1 atom stereocenters. The van der Waals surface area contributed by atoms with Crippen LogP contribution in [0.3, 0.4) is 0 Å². The van der Waals surface area contributed by atoms with E-state index in [1.807, 2.05) is 41.5 Å². The van der Waals surface area contributed by atoms with Gasteiger partial charge in [0.25, 0.3) is 0 Å². The van der Waals surface area contributed by atoms with Gasteiger partial charge in [0.15, 0.2) is 0 Å². The fourth-order valence-corrected chi connectivity index (χ4v) is 2.17. The quantitative estimate of drug-likeness (QED) is 0.898. The van der Waals surface area contributed by atoms with Crippen molar-refractivity contribution in [1.82, 2.24) is 25.3 Å². The lowest BCUT2D eigenvalue weighted by molar-refractivity contribution is 0.0458. The molecule has 0 unspecified atom stereocenters. The Kier molecular flexibility index (Phi) is 4.91. The topological polar surface area (TPSA) is 92.8 Å². The molecular formula is C17H25N5O2. The molecule has 0 saturated carbocycles. The van der Waals surface area contributed by atoms with Gasteiger partial charge >= 0.3 is 6.09 Å². The minimum atomic E-state index is -0.555. The maximum Gasteiger partial charge on any atom is 0.408 e. The molecule has 2 heterocycles. The average Bonchev–Trinajstić information content (AvgIpc) is 2.92. The van der Waals surface area contributed by atoms with Gasteiger partial charge in [-0.15, -0.1) is 0 Å². The highest BCUT2D eigenvalue weighted by Gasteiger charge is 2.32. The number of ether oxygens (including phenoxy) is 1. The molecule has 0 spiro atoms. The minimum absolute atomic E-state index is 0.256. The molecule has 1 amide bonds. The van der Waals surface area contributed by atoms with E-state index in [9.17, 15) is 4.79 Å². The van der Waals surface area contributed by atoms with E-state index >= 15 is 0 Å². The molecule has 0 fully saturated rings. The van der Waals surface area contributed by atoms with Crippen molar-refractivity contribution < 1.29 is 9.53 Å². The third-order valence-corrected chi connectivity index (χ3v) is 3.22. The summed E-state index contributed by atoms with van der Waals surface area (Å²) < 4.78 is 5.36. The van der Waals surface area contributed by atoms with Crippen molar-refractivity contribution in [3.05, 3.63) is 30.6 Å². The predicted octanol–water partition coefficient (Wildman–Crippen LogP) is 3.48. The Labute approximate surface area is 142 Å². The molecule has 2 aromatic rings. The fraction of sp³-hybridized carbons (Fsp3) is 0.529. The summed E-state index contributed by atoms with van der Waals surface area (Å²) >= 11 is 0. The van der Waals surface area contributed by atoms with Crippen LogP contribution in [0.25, 0.3) is 11.4 Å². The first-order chi connectivity index (χ1) is 11.1. The molecule has 2 N–H and O–H groups in total. The van der Waals surface area contributed by atoms with E-state index < -0.39 is 11.7 Å². The third kappa shape index (κ3) is 4.78.